The Labute approximate surface area is 219 Å². The Bertz CT molecular complexity index is 1220. The fraction of sp³-hybridized carbons (Fsp3) is 0.308. The minimum absolute atomic E-state index is 0.0452. The van der Waals surface area contributed by atoms with E-state index < -0.39 is 6.04 Å². The summed E-state index contributed by atoms with van der Waals surface area (Å²) in [6.45, 7) is 3.78. The van der Waals surface area contributed by atoms with Gasteiger partial charge in [-0.15, -0.1) is 6.42 Å². The van der Waals surface area contributed by atoms with Crippen molar-refractivity contribution in [3.05, 3.63) is 58.2 Å². The average Bonchev–Trinajstić information content (AvgIpc) is 2.84. The first-order chi connectivity index (χ1) is 17.2. The smallest absolute Gasteiger partial charge is 0.251 e. The second-order valence-corrected chi connectivity index (χ2v) is 9.34. The van der Waals surface area contributed by atoms with Crippen LogP contribution in [0.5, 0.6) is 5.88 Å². The summed E-state index contributed by atoms with van der Waals surface area (Å²) in [5, 5.41) is 8.73. The first-order valence-electron chi connectivity index (χ1n) is 11.5. The average molecular weight is 553 g/mol. The standard InChI is InChI=1S/C26H29BrN6O3/c1-4-10-36-25-21(27)15-29-26(33-25)32-20-13-18(23(34)30-16(2)3)12-19(14-20)31-24(35)22(28)11-17-8-6-5-7-9-17/h1,5-6,8,12-16,22H,7,9-11,28H2,2-3H3,(H,30,34)(H,31,35)(H,29,32,33)/t22-/m1/s1. The fourth-order valence-electron chi connectivity index (χ4n) is 3.43. The number of anilines is 3. The summed E-state index contributed by atoms with van der Waals surface area (Å²) >= 11 is 3.32. The van der Waals surface area contributed by atoms with Gasteiger partial charge in [-0.1, -0.05) is 29.7 Å². The number of terminal acetylenes is 1. The minimum atomic E-state index is -0.724. The van der Waals surface area contributed by atoms with Crippen LogP contribution >= 0.6 is 15.9 Å². The maximum absolute atomic E-state index is 12.8. The van der Waals surface area contributed by atoms with Gasteiger partial charge in [0, 0.05) is 23.0 Å². The van der Waals surface area contributed by atoms with Gasteiger partial charge in [-0.2, -0.15) is 4.98 Å². The largest absolute Gasteiger partial charge is 0.464 e. The van der Waals surface area contributed by atoms with E-state index in [1.807, 2.05) is 26.0 Å². The molecule has 1 aromatic carbocycles. The van der Waals surface area contributed by atoms with Gasteiger partial charge in [-0.05, 0) is 67.2 Å². The van der Waals surface area contributed by atoms with Crippen LogP contribution in [0.2, 0.25) is 0 Å². The molecule has 1 aromatic heterocycles. The summed E-state index contributed by atoms with van der Waals surface area (Å²) in [4.78, 5) is 34.1. The van der Waals surface area contributed by atoms with E-state index in [0.29, 0.717) is 27.8 Å². The first-order valence-corrected chi connectivity index (χ1v) is 12.3. The van der Waals surface area contributed by atoms with Crippen LogP contribution in [-0.4, -0.2) is 40.5 Å². The maximum atomic E-state index is 12.8. The third kappa shape index (κ3) is 7.93. The third-order valence-corrected chi connectivity index (χ3v) is 5.61. The molecule has 0 saturated heterocycles. The molecular weight excluding hydrogens is 524 g/mol. The highest BCUT2D eigenvalue weighted by atomic mass is 79.9. The number of allylic oxidation sites excluding steroid dienone is 3. The Morgan fingerprint density at radius 2 is 2.06 bits per heavy atom. The second-order valence-electron chi connectivity index (χ2n) is 8.48. The quantitative estimate of drug-likeness (QED) is 0.327. The predicted octanol–water partition coefficient (Wildman–Crippen LogP) is 4.07. The van der Waals surface area contributed by atoms with E-state index in [1.54, 1.807) is 18.2 Å². The molecule has 2 amide bonds. The number of ether oxygens (including phenoxy) is 1. The normalized spacial score (nSPS) is 13.4. The second kappa shape index (κ2) is 12.9. The van der Waals surface area contributed by atoms with Gasteiger partial charge in [0.15, 0.2) is 6.61 Å². The van der Waals surface area contributed by atoms with Gasteiger partial charge in [-0.25, -0.2) is 4.98 Å². The molecule has 2 aromatic rings. The van der Waals surface area contributed by atoms with Crippen LogP contribution in [0.3, 0.4) is 0 Å². The molecule has 0 saturated carbocycles. The van der Waals surface area contributed by atoms with Crippen LogP contribution in [0.15, 0.2) is 52.7 Å². The topological polar surface area (TPSA) is 131 Å². The van der Waals surface area contributed by atoms with Gasteiger partial charge in [0.05, 0.1) is 16.7 Å². The molecule has 0 radical (unpaired) electrons. The third-order valence-electron chi connectivity index (χ3n) is 5.06. The molecule has 1 aliphatic carbocycles. The molecule has 0 bridgehead atoms. The predicted molar refractivity (Wildman–Crippen MR) is 144 cm³/mol. The highest BCUT2D eigenvalue weighted by molar-refractivity contribution is 9.10. The van der Waals surface area contributed by atoms with Crippen molar-refractivity contribution in [2.45, 2.75) is 45.2 Å². The number of benzene rings is 1. The number of amides is 2. The van der Waals surface area contributed by atoms with Crippen molar-refractivity contribution in [2.24, 2.45) is 5.73 Å². The van der Waals surface area contributed by atoms with Crippen molar-refractivity contribution in [2.75, 3.05) is 17.2 Å². The lowest BCUT2D eigenvalue weighted by atomic mass is 9.98. The van der Waals surface area contributed by atoms with E-state index in [1.165, 1.54) is 6.20 Å². The van der Waals surface area contributed by atoms with Crippen LogP contribution < -0.4 is 26.4 Å². The van der Waals surface area contributed by atoms with E-state index in [9.17, 15) is 9.59 Å². The first kappa shape index (κ1) is 26.9. The molecule has 0 unspecified atom stereocenters. The van der Waals surface area contributed by atoms with Gasteiger partial charge in [-0.3, -0.25) is 9.59 Å². The molecule has 0 spiro atoms. The van der Waals surface area contributed by atoms with Gasteiger partial charge in [0.25, 0.3) is 5.91 Å². The molecule has 188 valence electrons. The molecule has 1 aliphatic rings. The van der Waals surface area contributed by atoms with Gasteiger partial charge in [0.2, 0.25) is 17.7 Å². The minimum Gasteiger partial charge on any atom is -0.464 e. The molecule has 9 nitrogen and oxygen atoms in total. The number of hydrogen-bond acceptors (Lipinski definition) is 7. The van der Waals surface area contributed by atoms with Crippen molar-refractivity contribution in [1.82, 2.24) is 15.3 Å². The van der Waals surface area contributed by atoms with Crippen molar-refractivity contribution in [1.29, 1.82) is 0 Å². The van der Waals surface area contributed by atoms with E-state index >= 15 is 0 Å². The van der Waals surface area contributed by atoms with Crippen LogP contribution in [0.4, 0.5) is 17.3 Å². The SMILES string of the molecule is C#CCOc1nc(Nc2cc(NC(=O)[C@H](N)CC3=CC=CCC3)cc(C(=O)NC(C)C)c2)ncc1Br. The molecule has 5 N–H and O–H groups in total. The fourth-order valence-corrected chi connectivity index (χ4v) is 3.74. The zero-order valence-corrected chi connectivity index (χ0v) is 21.8. The number of carbonyl (C=O) groups is 2. The number of nitrogens with one attached hydrogen (secondary N) is 3. The number of carbonyl (C=O) groups excluding carboxylic acids is 2. The lowest BCUT2D eigenvalue weighted by Crippen LogP contribution is -2.36. The van der Waals surface area contributed by atoms with Gasteiger partial charge < -0.3 is 26.4 Å². The summed E-state index contributed by atoms with van der Waals surface area (Å²) in [7, 11) is 0. The number of nitrogens with zero attached hydrogens (tertiary/aromatic N) is 2. The van der Waals surface area contributed by atoms with E-state index in [2.05, 4.69) is 53.8 Å². The summed E-state index contributed by atoms with van der Waals surface area (Å²) in [6.07, 6.45) is 15.1. The van der Waals surface area contributed by atoms with Crippen LogP contribution in [0.1, 0.15) is 43.5 Å². The highest BCUT2D eigenvalue weighted by Gasteiger charge is 2.18. The Morgan fingerprint density at radius 3 is 2.75 bits per heavy atom. The molecule has 0 fully saturated rings. The number of aromatic nitrogens is 2. The zero-order valence-electron chi connectivity index (χ0n) is 20.2. The molecule has 1 atom stereocenters. The summed E-state index contributed by atoms with van der Waals surface area (Å²) < 4.78 is 5.96. The molecule has 10 heteroatoms. The zero-order chi connectivity index (χ0) is 26.1. The summed E-state index contributed by atoms with van der Waals surface area (Å²) in [6, 6.07) is 4.12. The molecular formula is C26H29BrN6O3. The van der Waals surface area contributed by atoms with E-state index in [0.717, 1.165) is 18.4 Å². The van der Waals surface area contributed by atoms with Crippen molar-refractivity contribution in [3.8, 4) is 18.2 Å². The molecule has 1 heterocycles. The molecule has 36 heavy (non-hydrogen) atoms. The molecule has 3 rings (SSSR count). The Balaban J connectivity index is 1.83. The summed E-state index contributed by atoms with van der Waals surface area (Å²) in [5.41, 5.74) is 8.54. The monoisotopic (exact) mass is 552 g/mol. The Morgan fingerprint density at radius 1 is 1.28 bits per heavy atom. The number of halogens is 1. The van der Waals surface area contributed by atoms with Crippen LogP contribution in [0, 0.1) is 12.3 Å². The van der Waals surface area contributed by atoms with Crippen LogP contribution in [-0.2, 0) is 4.79 Å². The lowest BCUT2D eigenvalue weighted by Gasteiger charge is -2.17. The van der Waals surface area contributed by atoms with Crippen molar-refractivity contribution < 1.29 is 14.3 Å². The van der Waals surface area contributed by atoms with Crippen LogP contribution in [0.25, 0.3) is 0 Å². The van der Waals surface area contributed by atoms with Gasteiger partial charge in [0.1, 0.15) is 0 Å². The maximum Gasteiger partial charge on any atom is 0.251 e. The van der Waals surface area contributed by atoms with Crippen molar-refractivity contribution in [3.63, 3.8) is 0 Å². The summed E-state index contributed by atoms with van der Waals surface area (Å²) in [5.74, 6) is 2.24. The van der Waals surface area contributed by atoms with E-state index in [4.69, 9.17) is 16.9 Å². The Hall–Kier alpha value is -3.68. The number of nitrogens with two attached hydrogens (primary N) is 1. The Kier molecular flexibility index (Phi) is 9.61. The highest BCUT2D eigenvalue weighted by Crippen LogP contribution is 2.26. The molecule has 0 aliphatic heterocycles. The van der Waals surface area contributed by atoms with E-state index in [-0.39, 0.29) is 36.3 Å². The number of hydrogen-bond donors (Lipinski definition) is 4. The van der Waals surface area contributed by atoms with Crippen molar-refractivity contribution >= 4 is 45.1 Å². The van der Waals surface area contributed by atoms with Gasteiger partial charge >= 0.3 is 0 Å². The number of rotatable bonds is 10. The lowest BCUT2D eigenvalue weighted by molar-refractivity contribution is -0.117.